The summed E-state index contributed by atoms with van der Waals surface area (Å²) in [5.41, 5.74) is 7.00. The van der Waals surface area contributed by atoms with Crippen molar-refractivity contribution < 1.29 is 9.59 Å². The van der Waals surface area contributed by atoms with Crippen LogP contribution in [0.1, 0.15) is 42.1 Å². The van der Waals surface area contributed by atoms with E-state index in [4.69, 9.17) is 5.73 Å². The van der Waals surface area contributed by atoms with Gasteiger partial charge in [-0.05, 0) is 24.1 Å². The van der Waals surface area contributed by atoms with Gasteiger partial charge in [0.25, 0.3) is 5.91 Å². The summed E-state index contributed by atoms with van der Waals surface area (Å²) in [6.07, 6.45) is 2.63. The van der Waals surface area contributed by atoms with Crippen LogP contribution < -0.4 is 11.1 Å². The highest BCUT2D eigenvalue weighted by atomic mass is 35.5. The summed E-state index contributed by atoms with van der Waals surface area (Å²) in [6, 6.07) is 7.32. The fourth-order valence-corrected chi connectivity index (χ4v) is 2.41. The molecule has 1 rings (SSSR count). The lowest BCUT2D eigenvalue weighted by molar-refractivity contribution is -0.111. The number of unbranched alkanes of at least 4 members (excludes halogenated alkanes) is 1. The molecule has 0 aliphatic rings. The van der Waals surface area contributed by atoms with Gasteiger partial charge in [0.2, 0.25) is 0 Å². The predicted octanol–water partition coefficient (Wildman–Crippen LogP) is 2.75. The SMILES string of the molecule is CCCCC(=O)SCc1ccc(C(=O)NCCN)cc1.Cl. The zero-order valence-electron chi connectivity index (χ0n) is 12.3. The van der Waals surface area contributed by atoms with Crippen molar-refractivity contribution in [3.8, 4) is 0 Å². The lowest BCUT2D eigenvalue weighted by Crippen LogP contribution is -2.28. The van der Waals surface area contributed by atoms with Crippen LogP contribution in [0, 0.1) is 0 Å². The molecule has 0 atom stereocenters. The summed E-state index contributed by atoms with van der Waals surface area (Å²) < 4.78 is 0. The monoisotopic (exact) mass is 330 g/mol. The molecule has 0 aromatic heterocycles. The molecule has 0 aliphatic carbocycles. The fraction of sp³-hybridized carbons (Fsp3) is 0.467. The Kier molecular flexibility index (Phi) is 11.0. The van der Waals surface area contributed by atoms with Gasteiger partial charge in [-0.2, -0.15) is 0 Å². The van der Waals surface area contributed by atoms with Gasteiger partial charge in [0, 0.05) is 30.8 Å². The van der Waals surface area contributed by atoms with Crippen molar-refractivity contribution in [3.63, 3.8) is 0 Å². The molecule has 1 amide bonds. The van der Waals surface area contributed by atoms with Gasteiger partial charge < -0.3 is 11.1 Å². The number of carbonyl (C=O) groups excluding carboxylic acids is 2. The van der Waals surface area contributed by atoms with Crippen molar-refractivity contribution in [3.05, 3.63) is 35.4 Å². The molecule has 0 bridgehead atoms. The molecule has 21 heavy (non-hydrogen) atoms. The Bertz CT molecular complexity index is 438. The minimum atomic E-state index is -0.117. The first-order chi connectivity index (χ1) is 9.67. The number of carbonyl (C=O) groups is 2. The highest BCUT2D eigenvalue weighted by Gasteiger charge is 2.06. The predicted molar refractivity (Wildman–Crippen MR) is 90.9 cm³/mol. The summed E-state index contributed by atoms with van der Waals surface area (Å²) in [5, 5.41) is 2.95. The summed E-state index contributed by atoms with van der Waals surface area (Å²) in [5.74, 6) is 0.543. The van der Waals surface area contributed by atoms with E-state index in [1.165, 1.54) is 11.8 Å². The van der Waals surface area contributed by atoms with Crippen LogP contribution >= 0.6 is 24.2 Å². The third-order valence-corrected chi connectivity index (χ3v) is 3.78. The Morgan fingerprint density at radius 3 is 2.48 bits per heavy atom. The number of rotatable bonds is 8. The molecule has 3 N–H and O–H groups in total. The van der Waals surface area contributed by atoms with Crippen LogP contribution in [0.25, 0.3) is 0 Å². The number of nitrogens with two attached hydrogens (primary N) is 1. The third-order valence-electron chi connectivity index (χ3n) is 2.78. The summed E-state index contributed by atoms with van der Waals surface area (Å²) in [6.45, 7) is 2.98. The van der Waals surface area contributed by atoms with Gasteiger partial charge in [0.15, 0.2) is 5.12 Å². The number of halogens is 1. The Hall–Kier alpha value is -1.04. The smallest absolute Gasteiger partial charge is 0.251 e. The maximum atomic E-state index is 11.7. The lowest BCUT2D eigenvalue weighted by atomic mass is 10.1. The molecule has 1 aromatic carbocycles. The van der Waals surface area contributed by atoms with E-state index in [0.717, 1.165) is 18.4 Å². The fourth-order valence-electron chi connectivity index (χ4n) is 1.60. The van der Waals surface area contributed by atoms with Crippen molar-refractivity contribution in [1.82, 2.24) is 5.32 Å². The van der Waals surface area contributed by atoms with Crippen LogP contribution in [-0.4, -0.2) is 24.1 Å². The summed E-state index contributed by atoms with van der Waals surface area (Å²) in [4.78, 5) is 23.2. The van der Waals surface area contributed by atoms with Gasteiger partial charge in [-0.1, -0.05) is 37.2 Å². The zero-order chi connectivity index (χ0) is 14.8. The molecule has 0 fully saturated rings. The topological polar surface area (TPSA) is 72.2 Å². The first kappa shape index (κ1) is 20.0. The van der Waals surface area contributed by atoms with E-state index in [0.29, 0.717) is 30.8 Å². The number of thioether (sulfide) groups is 1. The normalized spacial score (nSPS) is 9.81. The van der Waals surface area contributed by atoms with Crippen LogP contribution in [0.5, 0.6) is 0 Å². The minimum absolute atomic E-state index is 0. The van der Waals surface area contributed by atoms with E-state index in [9.17, 15) is 9.59 Å². The van der Waals surface area contributed by atoms with Gasteiger partial charge in [-0.3, -0.25) is 9.59 Å². The standard InChI is InChI=1S/C15H22N2O2S.ClH/c1-2-3-4-14(18)20-11-12-5-7-13(8-6-12)15(19)17-10-9-16;/h5-8H,2-4,9-11,16H2,1H3,(H,17,19);1H. The number of amides is 1. The average molecular weight is 331 g/mol. The zero-order valence-corrected chi connectivity index (χ0v) is 13.9. The number of hydrogen-bond donors (Lipinski definition) is 2. The van der Waals surface area contributed by atoms with Gasteiger partial charge in [-0.25, -0.2) is 0 Å². The number of benzene rings is 1. The van der Waals surface area contributed by atoms with E-state index in [2.05, 4.69) is 12.2 Å². The third kappa shape index (κ3) is 8.09. The maximum absolute atomic E-state index is 11.7. The highest BCUT2D eigenvalue weighted by molar-refractivity contribution is 8.12. The Morgan fingerprint density at radius 2 is 1.90 bits per heavy atom. The molecular formula is C15H23ClN2O2S. The van der Waals surface area contributed by atoms with Gasteiger partial charge in [0.05, 0.1) is 0 Å². The van der Waals surface area contributed by atoms with Gasteiger partial charge in [-0.15, -0.1) is 12.4 Å². The molecule has 6 heteroatoms. The van der Waals surface area contributed by atoms with Crippen molar-refractivity contribution >= 4 is 35.2 Å². The van der Waals surface area contributed by atoms with Crippen LogP contribution in [0.4, 0.5) is 0 Å². The maximum Gasteiger partial charge on any atom is 0.251 e. The van der Waals surface area contributed by atoms with E-state index >= 15 is 0 Å². The molecule has 0 unspecified atom stereocenters. The molecule has 4 nitrogen and oxygen atoms in total. The van der Waals surface area contributed by atoms with Crippen molar-refractivity contribution in [1.29, 1.82) is 0 Å². The first-order valence-corrected chi connectivity index (χ1v) is 7.88. The first-order valence-electron chi connectivity index (χ1n) is 6.90. The van der Waals surface area contributed by atoms with E-state index < -0.39 is 0 Å². The molecule has 0 aliphatic heterocycles. The van der Waals surface area contributed by atoms with Gasteiger partial charge >= 0.3 is 0 Å². The second-order valence-corrected chi connectivity index (χ2v) is 5.54. The van der Waals surface area contributed by atoms with E-state index in [1.807, 2.05) is 12.1 Å². The molecule has 118 valence electrons. The molecular weight excluding hydrogens is 308 g/mol. The molecule has 0 saturated carbocycles. The number of hydrogen-bond acceptors (Lipinski definition) is 4. The Balaban J connectivity index is 0.00000400. The Morgan fingerprint density at radius 1 is 1.24 bits per heavy atom. The second kappa shape index (κ2) is 11.6. The van der Waals surface area contributed by atoms with Crippen molar-refractivity contribution in [2.75, 3.05) is 13.1 Å². The van der Waals surface area contributed by atoms with Gasteiger partial charge in [0.1, 0.15) is 0 Å². The van der Waals surface area contributed by atoms with E-state index in [1.54, 1.807) is 12.1 Å². The number of nitrogens with one attached hydrogen (secondary N) is 1. The van der Waals surface area contributed by atoms with Crippen LogP contribution in [-0.2, 0) is 10.5 Å². The average Bonchev–Trinajstić information content (AvgIpc) is 2.49. The minimum Gasteiger partial charge on any atom is -0.351 e. The van der Waals surface area contributed by atoms with Crippen molar-refractivity contribution in [2.45, 2.75) is 31.9 Å². The Labute approximate surface area is 136 Å². The molecule has 1 aromatic rings. The largest absolute Gasteiger partial charge is 0.351 e. The molecule has 0 radical (unpaired) electrons. The second-order valence-electron chi connectivity index (χ2n) is 4.51. The summed E-state index contributed by atoms with van der Waals surface area (Å²) in [7, 11) is 0. The van der Waals surface area contributed by atoms with Crippen LogP contribution in [0.15, 0.2) is 24.3 Å². The molecule has 0 spiro atoms. The van der Waals surface area contributed by atoms with Crippen LogP contribution in [0.2, 0.25) is 0 Å². The van der Waals surface area contributed by atoms with Crippen LogP contribution in [0.3, 0.4) is 0 Å². The van der Waals surface area contributed by atoms with E-state index in [-0.39, 0.29) is 23.4 Å². The molecule has 0 heterocycles. The highest BCUT2D eigenvalue weighted by Crippen LogP contribution is 2.16. The van der Waals surface area contributed by atoms with Crippen molar-refractivity contribution in [2.24, 2.45) is 5.73 Å². The quantitative estimate of drug-likeness (QED) is 0.768. The molecule has 0 saturated heterocycles. The summed E-state index contributed by atoms with van der Waals surface area (Å²) >= 11 is 1.34. The lowest BCUT2D eigenvalue weighted by Gasteiger charge is -2.05.